The molecule has 0 saturated carbocycles. The maximum atomic E-state index is 5.99. The highest BCUT2D eigenvalue weighted by Crippen LogP contribution is 2.29. The first kappa shape index (κ1) is 12.7. The molecule has 3 nitrogen and oxygen atoms in total. The van der Waals surface area contributed by atoms with E-state index in [1.54, 1.807) is 0 Å². The SMILES string of the molecule is Cc1cc(Br)ccc1-c1nc2c(N)cc(Br)cc2[nH]1. The van der Waals surface area contributed by atoms with E-state index in [4.69, 9.17) is 5.73 Å². The van der Waals surface area contributed by atoms with E-state index in [9.17, 15) is 0 Å². The fourth-order valence-corrected chi connectivity index (χ4v) is 3.08. The van der Waals surface area contributed by atoms with Gasteiger partial charge in [0.15, 0.2) is 0 Å². The minimum Gasteiger partial charge on any atom is -0.397 e. The Morgan fingerprint density at radius 3 is 2.63 bits per heavy atom. The average Bonchev–Trinajstić information content (AvgIpc) is 2.72. The summed E-state index contributed by atoms with van der Waals surface area (Å²) in [4.78, 5) is 7.91. The van der Waals surface area contributed by atoms with Gasteiger partial charge in [-0.05, 0) is 42.8 Å². The summed E-state index contributed by atoms with van der Waals surface area (Å²) in [5, 5.41) is 0. The molecular formula is C14H11Br2N3. The lowest BCUT2D eigenvalue weighted by Gasteiger charge is -2.02. The van der Waals surface area contributed by atoms with Gasteiger partial charge < -0.3 is 10.7 Å². The second kappa shape index (κ2) is 4.65. The number of imidazole rings is 1. The van der Waals surface area contributed by atoms with Crippen LogP contribution in [0.2, 0.25) is 0 Å². The number of anilines is 1. The van der Waals surface area contributed by atoms with Gasteiger partial charge in [-0.3, -0.25) is 0 Å². The number of nitrogens with one attached hydrogen (secondary N) is 1. The second-order valence-electron chi connectivity index (χ2n) is 4.44. The normalized spacial score (nSPS) is 11.1. The van der Waals surface area contributed by atoms with Gasteiger partial charge in [-0.15, -0.1) is 0 Å². The van der Waals surface area contributed by atoms with E-state index < -0.39 is 0 Å². The summed E-state index contributed by atoms with van der Waals surface area (Å²) in [6.45, 7) is 2.06. The van der Waals surface area contributed by atoms with E-state index in [1.165, 1.54) is 0 Å². The van der Waals surface area contributed by atoms with Crippen molar-refractivity contribution in [3.05, 3.63) is 44.8 Å². The summed E-state index contributed by atoms with van der Waals surface area (Å²) in [6, 6.07) is 9.97. The van der Waals surface area contributed by atoms with Gasteiger partial charge in [0.05, 0.1) is 11.2 Å². The first-order valence-corrected chi connectivity index (χ1v) is 7.34. The van der Waals surface area contributed by atoms with Gasteiger partial charge in [0, 0.05) is 14.5 Å². The summed E-state index contributed by atoms with van der Waals surface area (Å²) in [5.41, 5.74) is 10.6. The highest BCUT2D eigenvalue weighted by Gasteiger charge is 2.10. The fraction of sp³-hybridized carbons (Fsp3) is 0.0714. The third kappa shape index (κ3) is 2.28. The molecule has 3 aromatic rings. The quantitative estimate of drug-likeness (QED) is 0.604. The summed E-state index contributed by atoms with van der Waals surface area (Å²) in [7, 11) is 0. The standard InChI is InChI=1S/C14H11Br2N3/c1-7-4-8(15)2-3-10(7)14-18-12-6-9(16)5-11(17)13(12)19-14/h2-6H,17H2,1H3,(H,18,19). The molecule has 0 unspecified atom stereocenters. The molecule has 19 heavy (non-hydrogen) atoms. The van der Waals surface area contributed by atoms with Crippen molar-refractivity contribution < 1.29 is 0 Å². The van der Waals surface area contributed by atoms with Crippen LogP contribution in [0.4, 0.5) is 5.69 Å². The van der Waals surface area contributed by atoms with Crippen molar-refractivity contribution >= 4 is 48.6 Å². The van der Waals surface area contributed by atoms with E-state index in [1.807, 2.05) is 24.3 Å². The summed E-state index contributed by atoms with van der Waals surface area (Å²) >= 11 is 6.91. The van der Waals surface area contributed by atoms with Gasteiger partial charge in [-0.25, -0.2) is 4.98 Å². The minimum absolute atomic E-state index is 0.668. The van der Waals surface area contributed by atoms with E-state index in [0.29, 0.717) is 5.69 Å². The minimum atomic E-state index is 0.668. The number of aromatic amines is 1. The number of halogens is 2. The smallest absolute Gasteiger partial charge is 0.138 e. The number of hydrogen-bond donors (Lipinski definition) is 2. The number of benzene rings is 2. The molecule has 0 saturated heterocycles. The summed E-state index contributed by atoms with van der Waals surface area (Å²) in [6.07, 6.45) is 0. The lowest BCUT2D eigenvalue weighted by atomic mass is 10.1. The lowest BCUT2D eigenvalue weighted by Crippen LogP contribution is -1.87. The zero-order valence-electron chi connectivity index (χ0n) is 10.2. The van der Waals surface area contributed by atoms with Gasteiger partial charge in [0.25, 0.3) is 0 Å². The molecule has 0 aliphatic carbocycles. The number of H-pyrrole nitrogens is 1. The number of nitrogen functional groups attached to an aromatic ring is 1. The molecule has 5 heteroatoms. The molecule has 0 atom stereocenters. The summed E-state index contributed by atoms with van der Waals surface area (Å²) in [5.74, 6) is 0.838. The predicted molar refractivity (Wildman–Crippen MR) is 86.1 cm³/mol. The molecule has 3 N–H and O–H groups in total. The van der Waals surface area contributed by atoms with Crippen molar-refractivity contribution in [2.45, 2.75) is 6.92 Å². The Morgan fingerprint density at radius 2 is 1.89 bits per heavy atom. The number of nitrogens with two attached hydrogens (primary N) is 1. The molecule has 96 valence electrons. The van der Waals surface area contributed by atoms with Crippen LogP contribution in [0.1, 0.15) is 5.56 Å². The van der Waals surface area contributed by atoms with Crippen LogP contribution in [0.15, 0.2) is 39.3 Å². The molecule has 1 aromatic heterocycles. The third-order valence-electron chi connectivity index (χ3n) is 3.02. The van der Waals surface area contributed by atoms with Gasteiger partial charge in [-0.1, -0.05) is 31.9 Å². The predicted octanol–water partition coefficient (Wildman–Crippen LogP) is 4.65. The topological polar surface area (TPSA) is 54.7 Å². The first-order valence-electron chi connectivity index (χ1n) is 5.76. The zero-order valence-corrected chi connectivity index (χ0v) is 13.3. The molecule has 2 aromatic carbocycles. The third-order valence-corrected chi connectivity index (χ3v) is 3.98. The van der Waals surface area contributed by atoms with Crippen molar-refractivity contribution in [3.8, 4) is 11.4 Å². The molecule has 0 radical (unpaired) electrons. The Bertz CT molecular complexity index is 778. The van der Waals surface area contributed by atoms with Gasteiger partial charge >= 0.3 is 0 Å². The van der Waals surface area contributed by atoms with E-state index in [-0.39, 0.29) is 0 Å². The monoisotopic (exact) mass is 379 g/mol. The van der Waals surface area contributed by atoms with E-state index >= 15 is 0 Å². The largest absolute Gasteiger partial charge is 0.397 e. The van der Waals surface area contributed by atoms with Crippen LogP contribution < -0.4 is 5.73 Å². The molecule has 3 rings (SSSR count). The highest BCUT2D eigenvalue weighted by atomic mass is 79.9. The van der Waals surface area contributed by atoms with Crippen molar-refractivity contribution in [2.75, 3.05) is 5.73 Å². The first-order chi connectivity index (χ1) is 9.04. The van der Waals surface area contributed by atoms with E-state index in [0.717, 1.165) is 36.9 Å². The Kier molecular flexibility index (Phi) is 3.11. The zero-order chi connectivity index (χ0) is 13.6. The Hall–Kier alpha value is -1.33. The van der Waals surface area contributed by atoms with Crippen LogP contribution in [-0.4, -0.2) is 9.97 Å². The number of aryl methyl sites for hydroxylation is 1. The number of hydrogen-bond acceptors (Lipinski definition) is 2. The highest BCUT2D eigenvalue weighted by molar-refractivity contribution is 9.10. The number of aromatic nitrogens is 2. The lowest BCUT2D eigenvalue weighted by molar-refractivity contribution is 1.30. The van der Waals surface area contributed by atoms with Gasteiger partial charge in [0.1, 0.15) is 11.3 Å². The molecule has 0 fully saturated rings. The van der Waals surface area contributed by atoms with Crippen molar-refractivity contribution in [3.63, 3.8) is 0 Å². The molecule has 0 aliphatic heterocycles. The molecule has 1 heterocycles. The fourth-order valence-electron chi connectivity index (χ4n) is 2.13. The molecule has 0 spiro atoms. The number of fused-ring (bicyclic) bond motifs is 1. The maximum absolute atomic E-state index is 5.99. The van der Waals surface area contributed by atoms with Crippen LogP contribution in [0.25, 0.3) is 22.4 Å². The van der Waals surface area contributed by atoms with E-state index in [2.05, 4.69) is 54.8 Å². The van der Waals surface area contributed by atoms with Gasteiger partial charge in [-0.2, -0.15) is 0 Å². The summed E-state index contributed by atoms with van der Waals surface area (Å²) < 4.78 is 2.01. The Balaban J connectivity index is 2.23. The molecule has 0 bridgehead atoms. The van der Waals surface area contributed by atoms with Crippen molar-refractivity contribution in [2.24, 2.45) is 0 Å². The number of nitrogens with zero attached hydrogens (tertiary/aromatic N) is 1. The average molecular weight is 381 g/mol. The van der Waals surface area contributed by atoms with Crippen LogP contribution in [0, 0.1) is 6.92 Å². The van der Waals surface area contributed by atoms with Crippen LogP contribution in [0.5, 0.6) is 0 Å². The van der Waals surface area contributed by atoms with Crippen LogP contribution in [0.3, 0.4) is 0 Å². The maximum Gasteiger partial charge on any atom is 0.138 e. The Labute approximate surface area is 127 Å². The molecular weight excluding hydrogens is 370 g/mol. The van der Waals surface area contributed by atoms with Crippen LogP contribution in [-0.2, 0) is 0 Å². The van der Waals surface area contributed by atoms with Crippen LogP contribution >= 0.6 is 31.9 Å². The van der Waals surface area contributed by atoms with Crippen molar-refractivity contribution in [1.29, 1.82) is 0 Å². The molecule has 0 amide bonds. The van der Waals surface area contributed by atoms with Gasteiger partial charge in [0.2, 0.25) is 0 Å². The molecule has 0 aliphatic rings. The van der Waals surface area contributed by atoms with Crippen molar-refractivity contribution in [1.82, 2.24) is 9.97 Å². The second-order valence-corrected chi connectivity index (χ2v) is 6.27. The number of rotatable bonds is 1. The Morgan fingerprint density at radius 1 is 1.11 bits per heavy atom.